The maximum absolute atomic E-state index is 12.3. The number of nitrogens with zero attached hydrogens (tertiary/aromatic N) is 3. The molecule has 2 aromatic rings. The van der Waals surface area contributed by atoms with E-state index in [1.165, 1.54) is 11.3 Å². The van der Waals surface area contributed by atoms with Gasteiger partial charge in [0.25, 0.3) is 5.91 Å². The van der Waals surface area contributed by atoms with Crippen LogP contribution in [0.1, 0.15) is 23.7 Å². The van der Waals surface area contributed by atoms with E-state index >= 15 is 0 Å². The number of pyridine rings is 1. The summed E-state index contributed by atoms with van der Waals surface area (Å²) in [5.41, 5.74) is 0.466. The van der Waals surface area contributed by atoms with Gasteiger partial charge >= 0.3 is 0 Å². The Bertz CT molecular complexity index is 674. The molecule has 7 nitrogen and oxygen atoms in total. The summed E-state index contributed by atoms with van der Waals surface area (Å²) in [7, 11) is 0. The fraction of sp³-hybridized carbons (Fsp3) is 0.429. The number of anilines is 1. The molecule has 3 heterocycles. The molecule has 1 amide bonds. The van der Waals surface area contributed by atoms with E-state index in [1.54, 1.807) is 30.1 Å². The maximum Gasteiger partial charge on any atom is 0.257 e. The fourth-order valence-electron chi connectivity index (χ4n) is 2.00. The third kappa shape index (κ3) is 4.40. The normalized spacial score (nSPS) is 17.2. The van der Waals surface area contributed by atoms with E-state index in [4.69, 9.17) is 9.47 Å². The van der Waals surface area contributed by atoms with Gasteiger partial charge < -0.3 is 9.47 Å². The number of thioether (sulfide) groups is 1. The maximum atomic E-state index is 12.3. The number of carbonyl (C=O) groups excluding carboxylic acids is 1. The van der Waals surface area contributed by atoms with Crippen LogP contribution in [0.5, 0.6) is 5.88 Å². The van der Waals surface area contributed by atoms with Crippen LogP contribution in [0, 0.1) is 0 Å². The summed E-state index contributed by atoms with van der Waals surface area (Å²) < 4.78 is 11.8. The van der Waals surface area contributed by atoms with Crippen molar-refractivity contribution in [3.8, 4) is 5.88 Å². The lowest BCUT2D eigenvalue weighted by molar-refractivity contribution is 0.102. The van der Waals surface area contributed by atoms with Crippen molar-refractivity contribution in [2.24, 2.45) is 0 Å². The molecule has 1 fully saturated rings. The van der Waals surface area contributed by atoms with Gasteiger partial charge in [-0.15, -0.1) is 10.2 Å². The number of carbonyl (C=O) groups is 1. The van der Waals surface area contributed by atoms with Gasteiger partial charge in [-0.25, -0.2) is 4.98 Å². The van der Waals surface area contributed by atoms with Crippen molar-refractivity contribution < 1.29 is 14.3 Å². The highest BCUT2D eigenvalue weighted by atomic mass is 32.2. The van der Waals surface area contributed by atoms with E-state index in [9.17, 15) is 4.79 Å². The monoisotopic (exact) mass is 352 g/mol. The summed E-state index contributed by atoms with van der Waals surface area (Å²) in [5, 5.41) is 11.2. The Balaban J connectivity index is 1.64. The third-order valence-electron chi connectivity index (χ3n) is 3.07. The van der Waals surface area contributed by atoms with Crippen LogP contribution in [-0.2, 0) is 4.74 Å². The topological polar surface area (TPSA) is 86.2 Å². The zero-order valence-electron chi connectivity index (χ0n) is 12.5. The van der Waals surface area contributed by atoms with E-state index in [1.807, 2.05) is 6.92 Å². The van der Waals surface area contributed by atoms with Crippen LogP contribution in [0.15, 0.2) is 22.7 Å². The van der Waals surface area contributed by atoms with E-state index in [-0.39, 0.29) is 12.0 Å². The van der Waals surface area contributed by atoms with Crippen LogP contribution in [0.4, 0.5) is 5.13 Å². The van der Waals surface area contributed by atoms with Gasteiger partial charge in [0.15, 0.2) is 4.34 Å². The highest BCUT2D eigenvalue weighted by molar-refractivity contribution is 8.01. The van der Waals surface area contributed by atoms with Crippen LogP contribution in [0.25, 0.3) is 0 Å². The SMILES string of the molecule is CCSc1nnc(NC(=O)c2ccnc(OC3CCOC3)c2)s1. The second kappa shape index (κ2) is 7.71. The first kappa shape index (κ1) is 16.2. The predicted molar refractivity (Wildman–Crippen MR) is 88.3 cm³/mol. The standard InChI is InChI=1S/C14H16N4O3S2/c1-2-22-14-18-17-13(23-14)16-12(19)9-3-5-15-11(7-9)21-10-4-6-20-8-10/h3,5,7,10H,2,4,6,8H2,1H3,(H,16,17,19). The number of nitrogens with one attached hydrogen (secondary N) is 1. The van der Waals surface area contributed by atoms with Gasteiger partial charge in [-0.3, -0.25) is 10.1 Å². The van der Waals surface area contributed by atoms with Gasteiger partial charge in [0.2, 0.25) is 11.0 Å². The minimum atomic E-state index is -0.260. The largest absolute Gasteiger partial charge is 0.472 e. The first-order valence-electron chi connectivity index (χ1n) is 7.22. The molecule has 0 aliphatic carbocycles. The lowest BCUT2D eigenvalue weighted by Crippen LogP contribution is -2.17. The van der Waals surface area contributed by atoms with Crippen molar-refractivity contribution in [2.75, 3.05) is 24.3 Å². The minimum absolute atomic E-state index is 0.00222. The Kier molecular flexibility index (Phi) is 5.42. The molecular weight excluding hydrogens is 336 g/mol. The highest BCUT2D eigenvalue weighted by Crippen LogP contribution is 2.25. The van der Waals surface area contributed by atoms with Crippen molar-refractivity contribution in [2.45, 2.75) is 23.8 Å². The summed E-state index contributed by atoms with van der Waals surface area (Å²) in [6.45, 7) is 3.29. The fourth-order valence-corrected chi connectivity index (χ4v) is 3.65. The number of aromatic nitrogens is 3. The average molecular weight is 352 g/mol. The number of ether oxygens (including phenoxy) is 2. The van der Waals surface area contributed by atoms with Gasteiger partial charge in [0.1, 0.15) is 6.10 Å². The quantitative estimate of drug-likeness (QED) is 0.631. The summed E-state index contributed by atoms with van der Waals surface area (Å²) in [6, 6.07) is 3.26. The van der Waals surface area contributed by atoms with Crippen molar-refractivity contribution in [3.05, 3.63) is 23.9 Å². The Hall–Kier alpha value is -1.71. The molecule has 1 saturated heterocycles. The van der Waals surface area contributed by atoms with Crippen molar-refractivity contribution >= 4 is 34.1 Å². The first-order chi connectivity index (χ1) is 11.2. The van der Waals surface area contributed by atoms with E-state index < -0.39 is 0 Å². The third-order valence-corrected chi connectivity index (χ3v) is 4.92. The second-order valence-electron chi connectivity index (χ2n) is 4.75. The van der Waals surface area contributed by atoms with Crippen molar-refractivity contribution in [1.29, 1.82) is 0 Å². The lowest BCUT2D eigenvalue weighted by Gasteiger charge is -2.11. The molecular formula is C14H16N4O3S2. The molecule has 1 aliphatic heterocycles. The molecule has 1 aliphatic rings. The molecule has 0 saturated carbocycles. The molecule has 0 spiro atoms. The van der Waals surface area contributed by atoms with Crippen molar-refractivity contribution in [3.63, 3.8) is 0 Å². The Morgan fingerprint density at radius 3 is 3.26 bits per heavy atom. The number of hydrogen-bond donors (Lipinski definition) is 1. The molecule has 23 heavy (non-hydrogen) atoms. The molecule has 122 valence electrons. The molecule has 0 radical (unpaired) electrons. The predicted octanol–water partition coefficient (Wildman–Crippen LogP) is 2.47. The highest BCUT2D eigenvalue weighted by Gasteiger charge is 2.18. The van der Waals surface area contributed by atoms with Crippen LogP contribution in [0.2, 0.25) is 0 Å². The van der Waals surface area contributed by atoms with Gasteiger partial charge in [-0.1, -0.05) is 30.0 Å². The van der Waals surface area contributed by atoms with E-state index in [2.05, 4.69) is 20.5 Å². The molecule has 2 aromatic heterocycles. The van der Waals surface area contributed by atoms with Crippen LogP contribution >= 0.6 is 23.1 Å². The van der Waals surface area contributed by atoms with Gasteiger partial charge in [-0.05, 0) is 11.8 Å². The van der Waals surface area contributed by atoms with Gasteiger partial charge in [-0.2, -0.15) is 0 Å². The Morgan fingerprint density at radius 2 is 2.48 bits per heavy atom. The summed E-state index contributed by atoms with van der Waals surface area (Å²) in [4.78, 5) is 16.4. The van der Waals surface area contributed by atoms with Crippen LogP contribution in [0.3, 0.4) is 0 Å². The molecule has 0 bridgehead atoms. The van der Waals surface area contributed by atoms with Crippen molar-refractivity contribution in [1.82, 2.24) is 15.2 Å². The molecule has 9 heteroatoms. The number of hydrogen-bond acceptors (Lipinski definition) is 8. The second-order valence-corrected chi connectivity index (χ2v) is 7.24. The number of amides is 1. The van der Waals surface area contributed by atoms with E-state index in [0.717, 1.165) is 16.5 Å². The van der Waals surface area contributed by atoms with Gasteiger partial charge in [0.05, 0.1) is 13.2 Å². The molecule has 0 aromatic carbocycles. The number of rotatable bonds is 6. The molecule has 1 N–H and O–H groups in total. The Morgan fingerprint density at radius 1 is 1.57 bits per heavy atom. The summed E-state index contributed by atoms with van der Waals surface area (Å²) in [5.74, 6) is 1.08. The summed E-state index contributed by atoms with van der Waals surface area (Å²) in [6.07, 6.45) is 2.39. The van der Waals surface area contributed by atoms with Gasteiger partial charge in [0, 0.05) is 24.2 Å². The zero-order valence-corrected chi connectivity index (χ0v) is 14.2. The molecule has 3 rings (SSSR count). The zero-order chi connectivity index (χ0) is 16.1. The average Bonchev–Trinajstić information content (AvgIpc) is 3.20. The van der Waals surface area contributed by atoms with Crippen LogP contribution in [-0.4, -0.2) is 46.2 Å². The summed E-state index contributed by atoms with van der Waals surface area (Å²) >= 11 is 2.95. The smallest absolute Gasteiger partial charge is 0.257 e. The molecule has 1 atom stereocenters. The van der Waals surface area contributed by atoms with E-state index in [0.29, 0.717) is 29.8 Å². The Labute approximate surface area is 141 Å². The minimum Gasteiger partial charge on any atom is -0.472 e. The lowest BCUT2D eigenvalue weighted by atomic mass is 10.2. The molecule has 1 unspecified atom stereocenters. The first-order valence-corrected chi connectivity index (χ1v) is 9.03. The van der Waals surface area contributed by atoms with Crippen LogP contribution < -0.4 is 10.1 Å².